The molecule has 1 heterocycles. The van der Waals surface area contributed by atoms with E-state index in [0.29, 0.717) is 18.4 Å². The molecule has 0 fully saturated rings. The Morgan fingerprint density at radius 3 is 2.53 bits per heavy atom. The number of alkyl halides is 1. The Kier molecular flexibility index (Phi) is 4.73. The molecular weight excluding hydrogens is 330 g/mol. The molecule has 0 spiro atoms. The molecule has 0 amide bonds. The van der Waals surface area contributed by atoms with Gasteiger partial charge in [0.25, 0.3) is 10.0 Å². The summed E-state index contributed by atoms with van der Waals surface area (Å²) in [6.45, 7) is 0.740. The Labute approximate surface area is 120 Å². The number of aromatic nitrogens is 2. The second-order valence-electron chi connectivity index (χ2n) is 3.93. The van der Waals surface area contributed by atoms with Gasteiger partial charge in [0.1, 0.15) is 0 Å². The molecule has 2 aromatic rings. The van der Waals surface area contributed by atoms with Crippen LogP contribution in [0, 0.1) is 0 Å². The molecule has 7 heteroatoms. The van der Waals surface area contributed by atoms with E-state index in [4.69, 9.17) is 0 Å². The molecule has 0 unspecified atom stereocenters. The van der Waals surface area contributed by atoms with Crippen molar-refractivity contribution in [3.63, 3.8) is 0 Å². The molecule has 0 atom stereocenters. The molecule has 0 radical (unpaired) electrons. The number of H-pyrrole nitrogens is 1. The Morgan fingerprint density at radius 2 is 1.95 bits per heavy atom. The van der Waals surface area contributed by atoms with Crippen molar-refractivity contribution in [1.82, 2.24) is 14.5 Å². The molecule has 19 heavy (non-hydrogen) atoms. The normalized spacial score (nSPS) is 11.9. The fourth-order valence-electron chi connectivity index (χ4n) is 1.69. The number of aromatic amines is 1. The van der Waals surface area contributed by atoms with E-state index in [1.165, 1.54) is 16.6 Å². The van der Waals surface area contributed by atoms with Gasteiger partial charge in [0, 0.05) is 18.4 Å². The summed E-state index contributed by atoms with van der Waals surface area (Å²) < 4.78 is 26.3. The highest BCUT2D eigenvalue weighted by atomic mass is 79.9. The molecule has 0 aliphatic heterocycles. The molecule has 0 bridgehead atoms. The van der Waals surface area contributed by atoms with Gasteiger partial charge in [0.05, 0.1) is 6.20 Å². The maximum Gasteiger partial charge on any atom is 0.260 e. The van der Waals surface area contributed by atoms with Crippen LogP contribution in [0.3, 0.4) is 0 Å². The van der Waals surface area contributed by atoms with Crippen LogP contribution in [0.15, 0.2) is 47.6 Å². The van der Waals surface area contributed by atoms with Crippen molar-refractivity contribution < 1.29 is 8.42 Å². The SMILES string of the molecule is O=S(=O)(c1ccn[nH]1)N(CCBr)Cc1ccccc1. The fourth-order valence-corrected chi connectivity index (χ4v) is 3.68. The van der Waals surface area contributed by atoms with Crippen LogP contribution in [0.25, 0.3) is 0 Å². The molecule has 1 N–H and O–H groups in total. The zero-order valence-electron chi connectivity index (χ0n) is 10.2. The second kappa shape index (κ2) is 6.31. The van der Waals surface area contributed by atoms with Crippen molar-refractivity contribution in [2.24, 2.45) is 0 Å². The number of hydrogen-bond donors (Lipinski definition) is 1. The van der Waals surface area contributed by atoms with Gasteiger partial charge < -0.3 is 0 Å². The first-order chi connectivity index (χ1) is 9.14. The predicted molar refractivity (Wildman–Crippen MR) is 76.4 cm³/mol. The van der Waals surface area contributed by atoms with Gasteiger partial charge in [-0.05, 0) is 11.6 Å². The van der Waals surface area contributed by atoms with E-state index in [-0.39, 0.29) is 5.03 Å². The first-order valence-electron chi connectivity index (χ1n) is 5.74. The van der Waals surface area contributed by atoms with Crippen LogP contribution in [-0.2, 0) is 16.6 Å². The topological polar surface area (TPSA) is 66.1 Å². The molecule has 1 aromatic heterocycles. The van der Waals surface area contributed by atoms with Crippen molar-refractivity contribution in [3.05, 3.63) is 48.2 Å². The van der Waals surface area contributed by atoms with Crippen LogP contribution in [-0.4, -0.2) is 34.8 Å². The molecule has 0 saturated carbocycles. The standard InChI is InChI=1S/C12H14BrN3O2S/c13-7-9-16(10-11-4-2-1-3-5-11)19(17,18)12-6-8-14-15-12/h1-6,8H,7,9-10H2,(H,14,15). The predicted octanol–water partition coefficient (Wildman–Crippen LogP) is 2.00. The molecular formula is C12H14BrN3O2S. The fraction of sp³-hybridized carbons (Fsp3) is 0.250. The summed E-state index contributed by atoms with van der Waals surface area (Å²) >= 11 is 3.29. The maximum absolute atomic E-state index is 12.4. The lowest BCUT2D eigenvalue weighted by atomic mass is 10.2. The second-order valence-corrected chi connectivity index (χ2v) is 6.63. The molecule has 0 aliphatic carbocycles. The van der Waals surface area contributed by atoms with Crippen molar-refractivity contribution in [3.8, 4) is 0 Å². The van der Waals surface area contributed by atoms with Gasteiger partial charge in [-0.2, -0.15) is 9.40 Å². The molecule has 0 saturated heterocycles. The number of benzene rings is 1. The van der Waals surface area contributed by atoms with Crippen LogP contribution < -0.4 is 0 Å². The van der Waals surface area contributed by atoms with Crippen molar-refractivity contribution >= 4 is 26.0 Å². The minimum Gasteiger partial charge on any atom is -0.266 e. The average Bonchev–Trinajstić information content (AvgIpc) is 2.94. The van der Waals surface area contributed by atoms with Crippen molar-refractivity contribution in [2.75, 3.05) is 11.9 Å². The number of nitrogens with one attached hydrogen (secondary N) is 1. The highest BCUT2D eigenvalue weighted by Gasteiger charge is 2.25. The monoisotopic (exact) mass is 343 g/mol. The number of rotatable bonds is 6. The molecule has 102 valence electrons. The van der Waals surface area contributed by atoms with Crippen molar-refractivity contribution in [2.45, 2.75) is 11.6 Å². The highest BCUT2D eigenvalue weighted by molar-refractivity contribution is 9.09. The van der Waals surface area contributed by atoms with Gasteiger partial charge >= 0.3 is 0 Å². The zero-order valence-corrected chi connectivity index (χ0v) is 12.6. The van der Waals surface area contributed by atoms with E-state index < -0.39 is 10.0 Å². The van der Waals surface area contributed by atoms with E-state index >= 15 is 0 Å². The van der Waals surface area contributed by atoms with E-state index in [1.54, 1.807) is 0 Å². The molecule has 1 aromatic carbocycles. The summed E-state index contributed by atoms with van der Waals surface area (Å²) in [5.41, 5.74) is 0.951. The van der Waals surface area contributed by atoms with Gasteiger partial charge in [0.2, 0.25) is 0 Å². The summed E-state index contributed by atoms with van der Waals surface area (Å²) in [5.74, 6) is 0. The van der Waals surface area contributed by atoms with E-state index in [9.17, 15) is 8.42 Å². The van der Waals surface area contributed by atoms with Crippen LogP contribution in [0.4, 0.5) is 0 Å². The third kappa shape index (κ3) is 3.43. The zero-order chi connectivity index (χ0) is 13.7. The van der Waals surface area contributed by atoms with E-state index in [1.807, 2.05) is 30.3 Å². The summed E-state index contributed by atoms with van der Waals surface area (Å²) in [6.07, 6.45) is 1.43. The summed E-state index contributed by atoms with van der Waals surface area (Å²) in [7, 11) is -3.53. The van der Waals surface area contributed by atoms with Crippen molar-refractivity contribution in [1.29, 1.82) is 0 Å². The minimum atomic E-state index is -3.53. The largest absolute Gasteiger partial charge is 0.266 e. The smallest absolute Gasteiger partial charge is 0.260 e. The van der Waals surface area contributed by atoms with E-state index in [2.05, 4.69) is 26.1 Å². The summed E-state index contributed by atoms with van der Waals surface area (Å²) in [5, 5.41) is 6.89. The third-order valence-electron chi connectivity index (χ3n) is 2.63. The Bertz CT molecular complexity index is 599. The van der Waals surface area contributed by atoms with Crippen LogP contribution in [0.2, 0.25) is 0 Å². The minimum absolute atomic E-state index is 0.115. The lowest BCUT2D eigenvalue weighted by molar-refractivity contribution is 0.424. The highest BCUT2D eigenvalue weighted by Crippen LogP contribution is 2.16. The third-order valence-corrected chi connectivity index (χ3v) is 4.76. The van der Waals surface area contributed by atoms with Crippen LogP contribution in [0.5, 0.6) is 0 Å². The quantitative estimate of drug-likeness (QED) is 0.815. The lowest BCUT2D eigenvalue weighted by Crippen LogP contribution is -2.32. The van der Waals surface area contributed by atoms with E-state index in [0.717, 1.165) is 5.56 Å². The van der Waals surface area contributed by atoms with Gasteiger partial charge in [-0.1, -0.05) is 46.3 Å². The van der Waals surface area contributed by atoms with Gasteiger partial charge in [-0.3, -0.25) is 5.10 Å². The van der Waals surface area contributed by atoms with Gasteiger partial charge in [-0.25, -0.2) is 8.42 Å². The lowest BCUT2D eigenvalue weighted by Gasteiger charge is -2.20. The number of nitrogens with zero attached hydrogens (tertiary/aromatic N) is 2. The Hall–Kier alpha value is -1.18. The van der Waals surface area contributed by atoms with Crippen LogP contribution in [0.1, 0.15) is 5.56 Å². The summed E-state index contributed by atoms with van der Waals surface area (Å²) in [6, 6.07) is 11.0. The first-order valence-corrected chi connectivity index (χ1v) is 8.30. The molecule has 5 nitrogen and oxygen atoms in total. The number of halogens is 1. The molecule has 2 rings (SSSR count). The van der Waals surface area contributed by atoms with Crippen LogP contribution >= 0.6 is 15.9 Å². The summed E-state index contributed by atoms with van der Waals surface area (Å²) in [4.78, 5) is 0. The Balaban J connectivity index is 2.26. The van der Waals surface area contributed by atoms with Gasteiger partial charge in [-0.15, -0.1) is 0 Å². The number of hydrogen-bond acceptors (Lipinski definition) is 3. The molecule has 0 aliphatic rings. The van der Waals surface area contributed by atoms with Gasteiger partial charge in [0.15, 0.2) is 5.03 Å². The number of sulfonamides is 1. The Morgan fingerprint density at radius 1 is 1.21 bits per heavy atom. The first kappa shape index (κ1) is 14.2. The maximum atomic E-state index is 12.4. The average molecular weight is 344 g/mol.